The Kier molecular flexibility index (Phi) is 6.84. The van der Waals surface area contributed by atoms with Crippen LogP contribution in [-0.4, -0.2) is 46.4 Å². The molecule has 0 aliphatic carbocycles. The number of rotatable bonds is 7. The van der Waals surface area contributed by atoms with Gasteiger partial charge in [0.2, 0.25) is 0 Å². The number of benzene rings is 2. The Morgan fingerprint density at radius 3 is 1.93 bits per heavy atom. The predicted molar refractivity (Wildman–Crippen MR) is 119 cm³/mol. The second kappa shape index (κ2) is 9.19. The molecule has 1 atom stereocenters. The molecule has 0 aromatic heterocycles. The number of hydrogen-bond donors (Lipinski definition) is 0. The fraction of sp³-hybridized carbons (Fsp3) is 0.480. The fourth-order valence-corrected chi connectivity index (χ4v) is 4.17. The van der Waals surface area contributed by atoms with Crippen LogP contribution in [-0.2, 0) is 22.6 Å². The van der Waals surface area contributed by atoms with E-state index in [1.165, 1.54) is 11.1 Å². The number of hydrogen-bond acceptors (Lipinski definition) is 4. The van der Waals surface area contributed by atoms with Gasteiger partial charge in [-0.05, 0) is 45.7 Å². The highest BCUT2D eigenvalue weighted by Crippen LogP contribution is 2.35. The molecule has 1 fully saturated rings. The summed E-state index contributed by atoms with van der Waals surface area (Å²) < 4.78 is 11.7. The zero-order chi connectivity index (χ0) is 21.8. The minimum atomic E-state index is -0.673. The first-order chi connectivity index (χ1) is 14.2. The van der Waals surface area contributed by atoms with Crippen LogP contribution < -0.4 is 0 Å². The van der Waals surface area contributed by atoms with E-state index in [1.54, 1.807) is 4.90 Å². The molecule has 0 spiro atoms. The Labute approximate surface area is 180 Å². The van der Waals surface area contributed by atoms with Crippen LogP contribution in [0.25, 0.3) is 0 Å². The highest BCUT2D eigenvalue weighted by atomic mass is 16.6. The van der Waals surface area contributed by atoms with Gasteiger partial charge in [0.1, 0.15) is 11.8 Å². The van der Waals surface area contributed by atoms with E-state index in [2.05, 4.69) is 53.4 Å². The van der Waals surface area contributed by atoms with Gasteiger partial charge in [-0.2, -0.15) is 0 Å². The first-order valence-corrected chi connectivity index (χ1v) is 10.6. The van der Waals surface area contributed by atoms with Crippen molar-refractivity contribution in [3.05, 3.63) is 71.8 Å². The van der Waals surface area contributed by atoms with Crippen molar-refractivity contribution in [3.63, 3.8) is 0 Å². The van der Waals surface area contributed by atoms with Crippen molar-refractivity contribution < 1.29 is 14.3 Å². The van der Waals surface area contributed by atoms with Crippen LogP contribution in [0.5, 0.6) is 0 Å². The standard InChI is InChI=1S/C25H34N2O3/c1-20(30-23(28)27-24(2,3)19-29-25(27,4)5)16-26(17-21-12-8-6-9-13-21)18-22-14-10-7-11-15-22/h6-15,20H,16-19H2,1-5H3/t20-/m1/s1. The van der Waals surface area contributed by atoms with E-state index in [-0.39, 0.29) is 12.2 Å². The lowest BCUT2D eigenvalue weighted by Gasteiger charge is -2.37. The normalized spacial score (nSPS) is 18.4. The third kappa shape index (κ3) is 5.61. The molecule has 5 nitrogen and oxygen atoms in total. The molecule has 162 valence electrons. The number of ether oxygens (including phenoxy) is 2. The van der Waals surface area contributed by atoms with Crippen LogP contribution in [0.15, 0.2) is 60.7 Å². The second-order valence-electron chi connectivity index (χ2n) is 9.22. The van der Waals surface area contributed by atoms with Gasteiger partial charge in [-0.1, -0.05) is 60.7 Å². The van der Waals surface area contributed by atoms with Gasteiger partial charge < -0.3 is 9.47 Å². The third-order valence-corrected chi connectivity index (χ3v) is 5.42. The maximum Gasteiger partial charge on any atom is 0.412 e. The zero-order valence-corrected chi connectivity index (χ0v) is 18.8. The van der Waals surface area contributed by atoms with Crippen molar-refractivity contribution in [1.29, 1.82) is 0 Å². The van der Waals surface area contributed by atoms with E-state index in [4.69, 9.17) is 9.47 Å². The summed E-state index contributed by atoms with van der Waals surface area (Å²) in [7, 11) is 0. The van der Waals surface area contributed by atoms with Gasteiger partial charge in [-0.15, -0.1) is 0 Å². The summed E-state index contributed by atoms with van der Waals surface area (Å²) in [5.74, 6) is 0. The van der Waals surface area contributed by atoms with Crippen molar-refractivity contribution in [2.24, 2.45) is 0 Å². The highest BCUT2D eigenvalue weighted by molar-refractivity contribution is 5.70. The summed E-state index contributed by atoms with van der Waals surface area (Å²) in [6.45, 7) is 12.5. The molecule has 1 amide bonds. The minimum absolute atomic E-state index is 0.253. The maximum atomic E-state index is 13.0. The molecule has 2 aromatic rings. The van der Waals surface area contributed by atoms with Crippen LogP contribution in [0.2, 0.25) is 0 Å². The van der Waals surface area contributed by atoms with Crippen molar-refractivity contribution in [3.8, 4) is 0 Å². The zero-order valence-electron chi connectivity index (χ0n) is 18.8. The molecule has 5 heteroatoms. The Hall–Kier alpha value is -2.37. The van der Waals surface area contributed by atoms with Crippen molar-refractivity contribution in [2.45, 2.75) is 65.1 Å². The lowest BCUT2D eigenvalue weighted by atomic mass is 10.0. The van der Waals surface area contributed by atoms with Gasteiger partial charge in [0.15, 0.2) is 0 Å². The van der Waals surface area contributed by atoms with E-state index in [9.17, 15) is 4.79 Å². The Morgan fingerprint density at radius 2 is 1.50 bits per heavy atom. The average molecular weight is 411 g/mol. The first kappa shape index (κ1) is 22.3. The Balaban J connectivity index is 1.67. The summed E-state index contributed by atoms with van der Waals surface area (Å²) in [6, 6.07) is 20.8. The molecule has 1 aliphatic rings. The average Bonchev–Trinajstić information content (AvgIpc) is 2.90. The fourth-order valence-electron chi connectivity index (χ4n) is 4.17. The van der Waals surface area contributed by atoms with Gasteiger partial charge in [-0.3, -0.25) is 9.80 Å². The Bertz CT molecular complexity index is 763. The smallest absolute Gasteiger partial charge is 0.412 e. The van der Waals surface area contributed by atoms with Gasteiger partial charge in [-0.25, -0.2) is 4.79 Å². The first-order valence-electron chi connectivity index (χ1n) is 10.6. The number of carbonyl (C=O) groups is 1. The van der Waals surface area contributed by atoms with Gasteiger partial charge in [0.05, 0.1) is 12.1 Å². The molecule has 1 saturated heterocycles. The van der Waals surface area contributed by atoms with Crippen LogP contribution in [0.3, 0.4) is 0 Å². The van der Waals surface area contributed by atoms with Crippen molar-refractivity contribution >= 4 is 6.09 Å². The topological polar surface area (TPSA) is 42.0 Å². The molecular weight excluding hydrogens is 376 g/mol. The largest absolute Gasteiger partial charge is 0.445 e. The number of nitrogens with zero attached hydrogens (tertiary/aromatic N) is 2. The predicted octanol–water partition coefficient (Wildman–Crippen LogP) is 5.06. The molecule has 0 N–H and O–H groups in total. The number of amides is 1. The molecule has 0 saturated carbocycles. The summed E-state index contributed by atoms with van der Waals surface area (Å²) in [5, 5.41) is 0. The van der Waals surface area contributed by atoms with Crippen molar-refractivity contribution in [2.75, 3.05) is 13.2 Å². The molecule has 0 unspecified atom stereocenters. The summed E-state index contributed by atoms with van der Waals surface area (Å²) in [5.41, 5.74) is 1.41. The number of carbonyl (C=O) groups excluding carboxylic acids is 1. The van der Waals surface area contributed by atoms with Crippen molar-refractivity contribution in [1.82, 2.24) is 9.80 Å². The van der Waals surface area contributed by atoms with Gasteiger partial charge >= 0.3 is 6.09 Å². The van der Waals surface area contributed by atoms with Crippen LogP contribution >= 0.6 is 0 Å². The molecule has 0 bridgehead atoms. The quantitative estimate of drug-likeness (QED) is 0.640. The van der Waals surface area contributed by atoms with Crippen LogP contribution in [0.1, 0.15) is 45.7 Å². The second-order valence-corrected chi connectivity index (χ2v) is 9.22. The van der Waals surface area contributed by atoms with E-state index in [1.807, 2.05) is 46.8 Å². The molecule has 1 aliphatic heterocycles. The summed E-state index contributed by atoms with van der Waals surface area (Å²) in [4.78, 5) is 17.0. The monoisotopic (exact) mass is 410 g/mol. The SMILES string of the molecule is C[C@H](CN(Cc1ccccc1)Cc1ccccc1)OC(=O)N1C(C)(C)COC1(C)C. The van der Waals surface area contributed by atoms with Crippen LogP contribution in [0.4, 0.5) is 4.79 Å². The molecule has 1 heterocycles. The molecule has 3 rings (SSSR count). The highest BCUT2D eigenvalue weighted by Gasteiger charge is 2.49. The van der Waals surface area contributed by atoms with Gasteiger partial charge in [0, 0.05) is 19.6 Å². The lowest BCUT2D eigenvalue weighted by molar-refractivity contribution is -0.0592. The molecule has 0 radical (unpaired) electrons. The van der Waals surface area contributed by atoms with E-state index in [0.717, 1.165) is 13.1 Å². The van der Waals surface area contributed by atoms with E-state index in [0.29, 0.717) is 13.2 Å². The summed E-state index contributed by atoms with van der Waals surface area (Å²) in [6.07, 6.45) is -0.577. The minimum Gasteiger partial charge on any atom is -0.445 e. The van der Waals surface area contributed by atoms with E-state index < -0.39 is 11.3 Å². The molecule has 30 heavy (non-hydrogen) atoms. The Morgan fingerprint density at radius 1 is 1.00 bits per heavy atom. The third-order valence-electron chi connectivity index (χ3n) is 5.42. The maximum absolute atomic E-state index is 13.0. The summed E-state index contributed by atoms with van der Waals surface area (Å²) >= 11 is 0. The van der Waals surface area contributed by atoms with E-state index >= 15 is 0 Å². The molecular formula is C25H34N2O3. The van der Waals surface area contributed by atoms with Crippen LogP contribution in [0, 0.1) is 0 Å². The molecule has 2 aromatic carbocycles. The lowest BCUT2D eigenvalue weighted by Crippen LogP contribution is -2.53. The van der Waals surface area contributed by atoms with Gasteiger partial charge in [0.25, 0.3) is 0 Å².